The van der Waals surface area contributed by atoms with Crippen molar-refractivity contribution in [1.29, 1.82) is 0 Å². The number of anilines is 1. The minimum Gasteiger partial charge on any atom is -0.381 e. The van der Waals surface area contributed by atoms with Crippen LogP contribution in [0.5, 0.6) is 0 Å². The van der Waals surface area contributed by atoms with Crippen LogP contribution < -0.4 is 5.32 Å². The lowest BCUT2D eigenvalue weighted by Crippen LogP contribution is -1.99. The number of fused-ring (bicyclic) bond motifs is 1. The molecule has 3 aromatic rings. The second-order valence-electron chi connectivity index (χ2n) is 4.22. The summed E-state index contributed by atoms with van der Waals surface area (Å²) in [7, 11) is 0. The van der Waals surface area contributed by atoms with Gasteiger partial charge in [0.15, 0.2) is 0 Å². The molecule has 0 amide bonds. The number of H-pyrrole nitrogens is 1. The Morgan fingerprint density at radius 1 is 1.06 bits per heavy atom. The maximum Gasteiger partial charge on any atom is 0.0455 e. The summed E-state index contributed by atoms with van der Waals surface area (Å²) in [6, 6.07) is 16.2. The number of nitrogens with one attached hydrogen (secondary N) is 2. The molecule has 3 heteroatoms. The van der Waals surface area contributed by atoms with Crippen LogP contribution in [-0.2, 0) is 6.54 Å². The van der Waals surface area contributed by atoms with Crippen LogP contribution in [0.3, 0.4) is 0 Å². The van der Waals surface area contributed by atoms with Gasteiger partial charge in [-0.05, 0) is 35.9 Å². The molecule has 0 radical (unpaired) electrons. The third-order valence-corrected chi connectivity index (χ3v) is 3.36. The van der Waals surface area contributed by atoms with Gasteiger partial charge in [-0.15, -0.1) is 0 Å². The normalized spacial score (nSPS) is 10.7. The summed E-state index contributed by atoms with van der Waals surface area (Å²) >= 11 is 6.12. The largest absolute Gasteiger partial charge is 0.381 e. The van der Waals surface area contributed by atoms with Gasteiger partial charge in [0.1, 0.15) is 0 Å². The van der Waals surface area contributed by atoms with Crippen molar-refractivity contribution >= 4 is 28.2 Å². The molecule has 0 spiro atoms. The van der Waals surface area contributed by atoms with Gasteiger partial charge in [0.05, 0.1) is 0 Å². The van der Waals surface area contributed by atoms with Gasteiger partial charge in [-0.25, -0.2) is 0 Å². The molecule has 0 saturated carbocycles. The summed E-state index contributed by atoms with van der Waals surface area (Å²) in [4.78, 5) is 3.18. The molecule has 0 aliphatic carbocycles. The van der Waals surface area contributed by atoms with E-state index >= 15 is 0 Å². The quantitative estimate of drug-likeness (QED) is 0.713. The molecule has 2 nitrogen and oxygen atoms in total. The van der Waals surface area contributed by atoms with Gasteiger partial charge in [0.25, 0.3) is 0 Å². The number of aromatic amines is 1. The standard InChI is InChI=1S/C15H13ClN2/c16-14-4-2-1-3-12(14)10-18-13-5-6-15-11(9-13)7-8-17-15/h1-9,17-18H,10H2. The average molecular weight is 257 g/mol. The Hall–Kier alpha value is -1.93. The van der Waals surface area contributed by atoms with E-state index in [9.17, 15) is 0 Å². The summed E-state index contributed by atoms with van der Waals surface area (Å²) < 4.78 is 0. The van der Waals surface area contributed by atoms with Crippen LogP contribution in [0.2, 0.25) is 5.02 Å². The zero-order chi connectivity index (χ0) is 12.4. The highest BCUT2D eigenvalue weighted by atomic mass is 35.5. The van der Waals surface area contributed by atoms with Gasteiger partial charge in [0, 0.05) is 34.4 Å². The van der Waals surface area contributed by atoms with Crippen molar-refractivity contribution < 1.29 is 0 Å². The Morgan fingerprint density at radius 3 is 2.83 bits per heavy atom. The van der Waals surface area contributed by atoms with E-state index in [1.54, 1.807) is 0 Å². The van der Waals surface area contributed by atoms with E-state index in [0.717, 1.165) is 28.3 Å². The highest BCUT2D eigenvalue weighted by Crippen LogP contribution is 2.20. The zero-order valence-electron chi connectivity index (χ0n) is 9.78. The highest BCUT2D eigenvalue weighted by Gasteiger charge is 2.00. The van der Waals surface area contributed by atoms with Crippen LogP contribution in [0.15, 0.2) is 54.7 Å². The Labute approximate surface area is 111 Å². The Kier molecular flexibility index (Phi) is 2.95. The zero-order valence-corrected chi connectivity index (χ0v) is 10.5. The number of hydrogen-bond donors (Lipinski definition) is 2. The van der Waals surface area contributed by atoms with E-state index in [-0.39, 0.29) is 0 Å². The molecule has 90 valence electrons. The van der Waals surface area contributed by atoms with Crippen molar-refractivity contribution in [2.45, 2.75) is 6.54 Å². The Bertz CT molecular complexity index is 673. The van der Waals surface area contributed by atoms with Gasteiger partial charge < -0.3 is 10.3 Å². The molecule has 2 aromatic carbocycles. The minimum atomic E-state index is 0.732. The number of halogens is 1. The molecule has 0 unspecified atom stereocenters. The molecular formula is C15H13ClN2. The number of hydrogen-bond acceptors (Lipinski definition) is 1. The molecule has 0 saturated heterocycles. The maximum absolute atomic E-state index is 6.12. The van der Waals surface area contributed by atoms with E-state index in [1.807, 2.05) is 30.5 Å². The SMILES string of the molecule is Clc1ccccc1CNc1ccc2[nH]ccc2c1. The first-order valence-electron chi connectivity index (χ1n) is 5.87. The Morgan fingerprint density at radius 2 is 1.94 bits per heavy atom. The second-order valence-corrected chi connectivity index (χ2v) is 4.63. The fourth-order valence-corrected chi connectivity index (χ4v) is 2.20. The van der Waals surface area contributed by atoms with Crippen molar-refractivity contribution in [3.8, 4) is 0 Å². The molecule has 1 aromatic heterocycles. The molecule has 0 bridgehead atoms. The first-order chi connectivity index (χ1) is 8.83. The van der Waals surface area contributed by atoms with Gasteiger partial charge in [-0.2, -0.15) is 0 Å². The first kappa shape index (κ1) is 11.2. The third-order valence-electron chi connectivity index (χ3n) is 2.99. The smallest absolute Gasteiger partial charge is 0.0455 e. The summed E-state index contributed by atoms with van der Waals surface area (Å²) in [6.07, 6.45) is 1.95. The molecule has 2 N–H and O–H groups in total. The van der Waals surface area contributed by atoms with E-state index in [1.165, 1.54) is 5.39 Å². The van der Waals surface area contributed by atoms with Crippen LogP contribution in [0, 0.1) is 0 Å². The van der Waals surface area contributed by atoms with Crippen LogP contribution in [0.4, 0.5) is 5.69 Å². The van der Waals surface area contributed by atoms with Crippen molar-refractivity contribution in [2.24, 2.45) is 0 Å². The molecule has 0 aliphatic heterocycles. The van der Waals surface area contributed by atoms with E-state index in [4.69, 9.17) is 11.6 Å². The molecule has 3 rings (SSSR count). The predicted octanol–water partition coefficient (Wildman–Crippen LogP) is 4.43. The van der Waals surface area contributed by atoms with Crippen molar-refractivity contribution in [1.82, 2.24) is 4.98 Å². The maximum atomic E-state index is 6.12. The van der Waals surface area contributed by atoms with Crippen LogP contribution in [0.25, 0.3) is 10.9 Å². The minimum absolute atomic E-state index is 0.732. The lowest BCUT2D eigenvalue weighted by atomic mass is 10.2. The lowest BCUT2D eigenvalue weighted by molar-refractivity contribution is 1.15. The van der Waals surface area contributed by atoms with Crippen LogP contribution >= 0.6 is 11.6 Å². The fourth-order valence-electron chi connectivity index (χ4n) is 2.00. The second kappa shape index (κ2) is 4.75. The molecule has 0 fully saturated rings. The van der Waals surface area contributed by atoms with Gasteiger partial charge in [-0.1, -0.05) is 29.8 Å². The van der Waals surface area contributed by atoms with Gasteiger partial charge >= 0.3 is 0 Å². The van der Waals surface area contributed by atoms with E-state index in [2.05, 4.69) is 34.6 Å². The van der Waals surface area contributed by atoms with Crippen molar-refractivity contribution in [3.63, 3.8) is 0 Å². The van der Waals surface area contributed by atoms with Crippen LogP contribution in [-0.4, -0.2) is 4.98 Å². The van der Waals surface area contributed by atoms with Crippen molar-refractivity contribution in [2.75, 3.05) is 5.32 Å². The van der Waals surface area contributed by atoms with Crippen molar-refractivity contribution in [3.05, 3.63) is 65.3 Å². The topological polar surface area (TPSA) is 27.8 Å². The molecular weight excluding hydrogens is 244 g/mol. The fraction of sp³-hybridized carbons (Fsp3) is 0.0667. The molecule has 18 heavy (non-hydrogen) atoms. The van der Waals surface area contributed by atoms with Crippen LogP contribution in [0.1, 0.15) is 5.56 Å². The van der Waals surface area contributed by atoms with E-state index < -0.39 is 0 Å². The lowest BCUT2D eigenvalue weighted by Gasteiger charge is -2.08. The monoisotopic (exact) mass is 256 g/mol. The molecule has 0 aliphatic rings. The van der Waals surface area contributed by atoms with E-state index in [0.29, 0.717) is 0 Å². The van der Waals surface area contributed by atoms with Gasteiger partial charge in [-0.3, -0.25) is 0 Å². The summed E-state index contributed by atoms with van der Waals surface area (Å²) in [5, 5.41) is 5.39. The predicted molar refractivity (Wildman–Crippen MR) is 77.1 cm³/mol. The summed E-state index contributed by atoms with van der Waals surface area (Å²) in [6.45, 7) is 0.732. The average Bonchev–Trinajstić information content (AvgIpc) is 2.85. The summed E-state index contributed by atoms with van der Waals surface area (Å²) in [5.41, 5.74) is 3.36. The molecule has 1 heterocycles. The molecule has 0 atom stereocenters. The summed E-state index contributed by atoms with van der Waals surface area (Å²) in [5.74, 6) is 0. The number of rotatable bonds is 3. The first-order valence-corrected chi connectivity index (χ1v) is 6.25. The van der Waals surface area contributed by atoms with Gasteiger partial charge in [0.2, 0.25) is 0 Å². The Balaban J connectivity index is 1.78. The highest BCUT2D eigenvalue weighted by molar-refractivity contribution is 6.31. The number of aromatic nitrogens is 1. The number of benzene rings is 2. The third kappa shape index (κ3) is 2.20.